The van der Waals surface area contributed by atoms with E-state index in [1.165, 1.54) is 29.0 Å². The number of rotatable bonds is 5. The van der Waals surface area contributed by atoms with Gasteiger partial charge in [-0.15, -0.1) is 0 Å². The number of furan rings is 1. The number of fused-ring (bicyclic) bond motifs is 1. The van der Waals surface area contributed by atoms with E-state index in [0.29, 0.717) is 35.8 Å². The second-order valence-corrected chi connectivity index (χ2v) is 11.3. The minimum absolute atomic E-state index is 0.144. The number of nitrogens with zero attached hydrogens (tertiary/aromatic N) is 5. The van der Waals surface area contributed by atoms with E-state index < -0.39 is 10.0 Å². The van der Waals surface area contributed by atoms with Crippen LogP contribution in [0.4, 0.5) is 4.39 Å². The molecule has 0 N–H and O–H groups in total. The molecule has 10 heteroatoms. The average molecular weight is 518 g/mol. The van der Waals surface area contributed by atoms with Crippen LogP contribution in [0, 0.1) is 5.82 Å². The topological polar surface area (TPSA) is 94.1 Å². The molecule has 0 saturated carbocycles. The standard InChI is InChI=1S/C27H24FN5O3S/c1-17-12-21(14-33(17)37(2,34)35)32-15-23(25(31-32)19-8-10-20(28)11-9-19)26-22-13-24(18-6-4-3-5-7-18)36-27(22)30-16-29-26/h3-11,13,15-17,21H,12,14H2,1-2H3/t17-,21+/m0/s1. The van der Waals surface area contributed by atoms with Crippen molar-refractivity contribution in [2.75, 3.05) is 12.8 Å². The van der Waals surface area contributed by atoms with Crippen molar-refractivity contribution in [1.82, 2.24) is 24.1 Å². The second kappa shape index (κ2) is 8.89. The fraction of sp³-hybridized carbons (Fsp3) is 0.222. The van der Waals surface area contributed by atoms with Crippen LogP contribution in [0.15, 0.2) is 77.6 Å². The first-order valence-electron chi connectivity index (χ1n) is 11.9. The number of hydrogen-bond acceptors (Lipinski definition) is 6. The highest BCUT2D eigenvalue weighted by atomic mass is 32.2. The molecule has 1 fully saturated rings. The molecule has 0 amide bonds. The molecule has 1 aliphatic heterocycles. The summed E-state index contributed by atoms with van der Waals surface area (Å²) in [6.45, 7) is 2.23. The molecule has 3 aromatic heterocycles. The zero-order valence-corrected chi connectivity index (χ0v) is 21.1. The molecular weight excluding hydrogens is 493 g/mol. The quantitative estimate of drug-likeness (QED) is 0.320. The highest BCUT2D eigenvalue weighted by Crippen LogP contribution is 2.38. The lowest BCUT2D eigenvalue weighted by Crippen LogP contribution is -2.33. The van der Waals surface area contributed by atoms with Gasteiger partial charge in [-0.25, -0.2) is 22.8 Å². The van der Waals surface area contributed by atoms with E-state index in [1.54, 1.807) is 12.1 Å². The molecule has 37 heavy (non-hydrogen) atoms. The Kier molecular flexibility index (Phi) is 5.65. The second-order valence-electron chi connectivity index (χ2n) is 9.37. The van der Waals surface area contributed by atoms with Crippen molar-refractivity contribution in [3.05, 3.63) is 79.0 Å². The maximum atomic E-state index is 13.7. The zero-order chi connectivity index (χ0) is 25.7. The van der Waals surface area contributed by atoms with Gasteiger partial charge in [0.1, 0.15) is 23.6 Å². The van der Waals surface area contributed by atoms with Crippen molar-refractivity contribution >= 4 is 21.1 Å². The predicted octanol–water partition coefficient (Wildman–Crippen LogP) is 5.15. The number of halogens is 1. The Morgan fingerprint density at radius 3 is 2.46 bits per heavy atom. The summed E-state index contributed by atoms with van der Waals surface area (Å²) in [5, 5.41) is 5.60. The fourth-order valence-corrected chi connectivity index (χ4v) is 6.20. The van der Waals surface area contributed by atoms with E-state index >= 15 is 0 Å². The molecule has 4 heterocycles. The van der Waals surface area contributed by atoms with Crippen molar-refractivity contribution in [3.63, 3.8) is 0 Å². The van der Waals surface area contributed by atoms with E-state index in [1.807, 2.05) is 54.2 Å². The summed E-state index contributed by atoms with van der Waals surface area (Å²) in [5.41, 5.74) is 4.06. The lowest BCUT2D eigenvalue weighted by Gasteiger charge is -2.17. The van der Waals surface area contributed by atoms with Crippen LogP contribution in [-0.4, -0.2) is 51.3 Å². The van der Waals surface area contributed by atoms with Gasteiger partial charge < -0.3 is 4.42 Å². The maximum absolute atomic E-state index is 13.7. The summed E-state index contributed by atoms with van der Waals surface area (Å²) in [6.07, 6.45) is 5.19. The molecule has 5 aromatic rings. The molecule has 0 bridgehead atoms. The SMILES string of the molecule is C[C@H]1C[C@@H](n2cc(-c3ncnc4oc(-c5ccccc5)cc34)c(-c3ccc(F)cc3)n2)CN1S(C)(=O)=O. The number of sulfonamides is 1. The van der Waals surface area contributed by atoms with E-state index in [2.05, 4.69) is 9.97 Å². The summed E-state index contributed by atoms with van der Waals surface area (Å²) in [7, 11) is -3.34. The Morgan fingerprint density at radius 2 is 1.76 bits per heavy atom. The highest BCUT2D eigenvalue weighted by Gasteiger charge is 2.36. The van der Waals surface area contributed by atoms with Crippen molar-refractivity contribution in [2.24, 2.45) is 0 Å². The fourth-order valence-electron chi connectivity index (χ4n) is 5.02. The highest BCUT2D eigenvalue weighted by molar-refractivity contribution is 7.88. The predicted molar refractivity (Wildman–Crippen MR) is 139 cm³/mol. The van der Waals surface area contributed by atoms with E-state index in [0.717, 1.165) is 22.1 Å². The lowest BCUT2D eigenvalue weighted by molar-refractivity contribution is 0.404. The summed E-state index contributed by atoms with van der Waals surface area (Å²) in [4.78, 5) is 8.92. The Hall–Kier alpha value is -3.89. The van der Waals surface area contributed by atoms with Crippen LogP contribution in [0.3, 0.4) is 0 Å². The zero-order valence-electron chi connectivity index (χ0n) is 20.2. The first-order valence-corrected chi connectivity index (χ1v) is 13.7. The van der Waals surface area contributed by atoms with E-state index in [9.17, 15) is 12.8 Å². The maximum Gasteiger partial charge on any atom is 0.230 e. The first kappa shape index (κ1) is 23.5. The number of aromatic nitrogens is 4. The van der Waals surface area contributed by atoms with Crippen LogP contribution < -0.4 is 0 Å². The normalized spacial score (nSPS) is 18.6. The number of benzene rings is 2. The van der Waals surface area contributed by atoms with Crippen molar-refractivity contribution in [1.29, 1.82) is 0 Å². The molecule has 8 nitrogen and oxygen atoms in total. The van der Waals surface area contributed by atoms with Crippen LogP contribution in [0.2, 0.25) is 0 Å². The van der Waals surface area contributed by atoms with Crippen molar-refractivity contribution < 1.29 is 17.2 Å². The minimum atomic E-state index is -3.34. The van der Waals surface area contributed by atoms with Gasteiger partial charge in [0.05, 0.1) is 23.4 Å². The molecule has 2 aromatic carbocycles. The molecule has 0 aliphatic carbocycles. The Labute approximate surface area is 213 Å². The van der Waals surface area contributed by atoms with Gasteiger partial charge in [-0.05, 0) is 43.7 Å². The molecule has 1 saturated heterocycles. The van der Waals surface area contributed by atoms with Crippen LogP contribution >= 0.6 is 0 Å². The van der Waals surface area contributed by atoms with Crippen molar-refractivity contribution in [2.45, 2.75) is 25.4 Å². The monoisotopic (exact) mass is 517 g/mol. The van der Waals surface area contributed by atoms with Gasteiger partial charge >= 0.3 is 0 Å². The van der Waals surface area contributed by atoms with Gasteiger partial charge in [-0.1, -0.05) is 30.3 Å². The number of hydrogen-bond donors (Lipinski definition) is 0. The Morgan fingerprint density at radius 1 is 1.00 bits per heavy atom. The minimum Gasteiger partial charge on any atom is -0.438 e. The van der Waals surface area contributed by atoms with Gasteiger partial charge in [0.15, 0.2) is 0 Å². The van der Waals surface area contributed by atoms with Gasteiger partial charge in [-0.3, -0.25) is 4.68 Å². The first-order chi connectivity index (χ1) is 17.8. The van der Waals surface area contributed by atoms with Gasteiger partial charge in [0, 0.05) is 35.5 Å². The third-order valence-electron chi connectivity index (χ3n) is 6.79. The molecule has 0 radical (unpaired) electrons. The van der Waals surface area contributed by atoms with Gasteiger partial charge in [-0.2, -0.15) is 9.40 Å². The molecule has 2 atom stereocenters. The Balaban J connectivity index is 1.50. The summed E-state index contributed by atoms with van der Waals surface area (Å²) in [5.74, 6) is 0.325. The third-order valence-corrected chi connectivity index (χ3v) is 8.15. The van der Waals surface area contributed by atoms with E-state index in [-0.39, 0.29) is 17.9 Å². The molecule has 1 aliphatic rings. The van der Waals surface area contributed by atoms with Crippen LogP contribution in [0.25, 0.3) is 44.9 Å². The smallest absolute Gasteiger partial charge is 0.230 e. The summed E-state index contributed by atoms with van der Waals surface area (Å²) < 4.78 is 47.6. The van der Waals surface area contributed by atoms with Gasteiger partial charge in [0.25, 0.3) is 0 Å². The summed E-state index contributed by atoms with van der Waals surface area (Å²) in [6, 6.07) is 17.5. The molecule has 6 rings (SSSR count). The lowest BCUT2D eigenvalue weighted by atomic mass is 10.0. The van der Waals surface area contributed by atoms with Crippen molar-refractivity contribution in [3.8, 4) is 33.8 Å². The van der Waals surface area contributed by atoms with Crippen LogP contribution in [0.5, 0.6) is 0 Å². The molecule has 0 spiro atoms. The van der Waals surface area contributed by atoms with E-state index in [4.69, 9.17) is 9.52 Å². The molecule has 0 unspecified atom stereocenters. The van der Waals surface area contributed by atoms with Gasteiger partial charge in [0.2, 0.25) is 15.7 Å². The van der Waals surface area contributed by atoms with Crippen LogP contribution in [0.1, 0.15) is 19.4 Å². The summed E-state index contributed by atoms with van der Waals surface area (Å²) >= 11 is 0. The van der Waals surface area contributed by atoms with Crippen LogP contribution in [-0.2, 0) is 10.0 Å². The largest absolute Gasteiger partial charge is 0.438 e. The average Bonchev–Trinajstić information content (AvgIpc) is 3.61. The molecular formula is C27H24FN5O3S. The molecule has 188 valence electrons. The third kappa shape index (κ3) is 4.32. The Bertz CT molecular complexity index is 1700.